The van der Waals surface area contributed by atoms with Gasteiger partial charge in [0.15, 0.2) is 0 Å². The van der Waals surface area contributed by atoms with E-state index in [2.05, 4.69) is 10.2 Å². The summed E-state index contributed by atoms with van der Waals surface area (Å²) >= 11 is 0. The number of carbonyl (C=O) groups excluding carboxylic acids is 1. The van der Waals surface area contributed by atoms with Crippen LogP contribution in [0, 0.1) is 5.41 Å². The summed E-state index contributed by atoms with van der Waals surface area (Å²) in [5.41, 5.74) is 1.47. The number of carbonyl (C=O) groups is 1. The van der Waals surface area contributed by atoms with Crippen LogP contribution in [0.15, 0.2) is 34.5 Å². The Labute approximate surface area is 127 Å². The van der Waals surface area contributed by atoms with Crippen LogP contribution in [-0.2, 0) is 9.53 Å². The third-order valence-corrected chi connectivity index (χ3v) is 3.60. The van der Waals surface area contributed by atoms with Gasteiger partial charge in [-0.15, -0.1) is 0 Å². The lowest BCUT2D eigenvalue weighted by Gasteiger charge is -2.23. The van der Waals surface area contributed by atoms with E-state index < -0.39 is 5.41 Å². The summed E-state index contributed by atoms with van der Waals surface area (Å²) in [7, 11) is 3.61. The van der Waals surface area contributed by atoms with Crippen molar-refractivity contribution in [3.63, 3.8) is 0 Å². The maximum absolute atomic E-state index is 11.9. The second-order valence-corrected chi connectivity index (χ2v) is 5.61. The highest BCUT2D eigenvalue weighted by atomic mass is 16.5. The topological polar surface area (TPSA) is 54.3 Å². The van der Waals surface area contributed by atoms with Gasteiger partial charge in [0.25, 0.3) is 0 Å². The minimum Gasteiger partial charge on any atom is -0.463 e. The quantitative estimate of drug-likeness (QED) is 0.567. The molecule has 0 N–H and O–H groups in total. The van der Waals surface area contributed by atoms with Gasteiger partial charge in [-0.2, -0.15) is 10.2 Å². The zero-order chi connectivity index (χ0) is 15.9. The average molecular weight is 291 g/mol. The minimum atomic E-state index is -0.411. The minimum absolute atomic E-state index is 0.142. The van der Waals surface area contributed by atoms with Gasteiger partial charge >= 0.3 is 5.97 Å². The van der Waals surface area contributed by atoms with Gasteiger partial charge in [-0.25, -0.2) is 0 Å². The smallest absolute Gasteiger partial charge is 0.311 e. The second kappa shape index (κ2) is 7.76. The molecule has 21 heavy (non-hydrogen) atoms. The number of hydrogen-bond donors (Lipinski definition) is 0. The molecule has 0 radical (unpaired) electrons. The van der Waals surface area contributed by atoms with Gasteiger partial charge in [-0.1, -0.05) is 6.92 Å². The zero-order valence-electron chi connectivity index (χ0n) is 13.6. The fourth-order valence-electron chi connectivity index (χ4n) is 1.63. The van der Waals surface area contributed by atoms with Crippen molar-refractivity contribution in [3.8, 4) is 0 Å². The molecule has 0 amide bonds. The molecule has 5 heteroatoms. The Kier molecular flexibility index (Phi) is 6.34. The highest BCUT2D eigenvalue weighted by molar-refractivity contribution is 5.75. The summed E-state index contributed by atoms with van der Waals surface area (Å²) in [5.74, 6) is -0.142. The highest BCUT2D eigenvalue weighted by Gasteiger charge is 2.26. The van der Waals surface area contributed by atoms with Crippen molar-refractivity contribution >= 4 is 17.3 Å². The van der Waals surface area contributed by atoms with Crippen LogP contribution in [-0.4, -0.2) is 33.2 Å². The van der Waals surface area contributed by atoms with Gasteiger partial charge in [0.2, 0.25) is 0 Å². The summed E-state index contributed by atoms with van der Waals surface area (Å²) < 4.78 is 5.34. The van der Waals surface area contributed by atoms with Crippen molar-refractivity contribution in [2.24, 2.45) is 15.6 Å². The summed E-state index contributed by atoms with van der Waals surface area (Å²) in [6.45, 7) is 6.83. The standard InChI is InChI=1S/C16H25N3O2/c1-6-16(2,3)15(20)21-12-11-19(5)14-9-7-13(8-10-14)18-17-4/h7-10H,6,11-12H2,1-5H3. The van der Waals surface area contributed by atoms with E-state index >= 15 is 0 Å². The molecule has 0 fully saturated rings. The van der Waals surface area contributed by atoms with E-state index in [1.807, 2.05) is 57.0 Å². The van der Waals surface area contributed by atoms with Gasteiger partial charge in [0.05, 0.1) is 17.6 Å². The molecule has 0 heterocycles. The van der Waals surface area contributed by atoms with Gasteiger partial charge in [-0.3, -0.25) is 4.79 Å². The van der Waals surface area contributed by atoms with E-state index in [9.17, 15) is 4.79 Å². The second-order valence-electron chi connectivity index (χ2n) is 5.61. The van der Waals surface area contributed by atoms with Crippen molar-refractivity contribution in [2.45, 2.75) is 27.2 Å². The van der Waals surface area contributed by atoms with Crippen LogP contribution < -0.4 is 4.90 Å². The van der Waals surface area contributed by atoms with Crippen molar-refractivity contribution < 1.29 is 9.53 Å². The molecule has 1 aromatic rings. The van der Waals surface area contributed by atoms with Crippen molar-refractivity contribution in [2.75, 3.05) is 32.1 Å². The number of esters is 1. The fraction of sp³-hybridized carbons (Fsp3) is 0.562. The molecule has 0 saturated heterocycles. The number of likely N-dealkylation sites (N-methyl/N-ethyl adjacent to an activating group) is 1. The predicted octanol–water partition coefficient (Wildman–Crippen LogP) is 3.82. The highest BCUT2D eigenvalue weighted by Crippen LogP contribution is 2.22. The molecule has 0 aliphatic heterocycles. The number of azo groups is 1. The Morgan fingerprint density at radius 1 is 1.29 bits per heavy atom. The summed E-state index contributed by atoms with van der Waals surface area (Å²) in [6, 6.07) is 7.76. The first-order valence-electron chi connectivity index (χ1n) is 7.19. The fourth-order valence-corrected chi connectivity index (χ4v) is 1.63. The van der Waals surface area contributed by atoms with Crippen molar-refractivity contribution in [1.82, 2.24) is 0 Å². The van der Waals surface area contributed by atoms with Crippen molar-refractivity contribution in [3.05, 3.63) is 24.3 Å². The molecule has 0 unspecified atom stereocenters. The molecule has 1 aromatic carbocycles. The van der Waals surface area contributed by atoms with E-state index in [0.717, 1.165) is 17.8 Å². The molecule has 1 rings (SSSR count). The number of anilines is 1. The van der Waals surface area contributed by atoms with Crippen molar-refractivity contribution in [1.29, 1.82) is 0 Å². The molecule has 0 bridgehead atoms. The summed E-state index contributed by atoms with van der Waals surface area (Å²) in [6.07, 6.45) is 0.773. The van der Waals surface area contributed by atoms with Crippen LogP contribution in [0.5, 0.6) is 0 Å². The Morgan fingerprint density at radius 2 is 1.90 bits per heavy atom. The number of rotatable bonds is 7. The monoisotopic (exact) mass is 291 g/mol. The molecule has 0 spiro atoms. The molecule has 0 saturated carbocycles. The van der Waals surface area contributed by atoms with E-state index in [-0.39, 0.29) is 5.97 Å². The number of nitrogens with zero attached hydrogens (tertiary/aromatic N) is 3. The summed E-state index contributed by atoms with van der Waals surface area (Å²) in [4.78, 5) is 13.9. The molecular formula is C16H25N3O2. The van der Waals surface area contributed by atoms with E-state index in [1.54, 1.807) is 7.05 Å². The first kappa shape index (κ1) is 17.1. The van der Waals surface area contributed by atoms with Gasteiger partial charge in [0, 0.05) is 19.8 Å². The van der Waals surface area contributed by atoms with Crippen LogP contribution in [0.4, 0.5) is 11.4 Å². The number of ether oxygens (including phenoxy) is 1. The predicted molar refractivity (Wildman–Crippen MR) is 85.2 cm³/mol. The zero-order valence-corrected chi connectivity index (χ0v) is 13.6. The molecule has 0 aromatic heterocycles. The maximum atomic E-state index is 11.9. The molecule has 0 aliphatic carbocycles. The van der Waals surface area contributed by atoms with E-state index in [4.69, 9.17) is 4.74 Å². The normalized spacial score (nSPS) is 11.7. The number of hydrogen-bond acceptors (Lipinski definition) is 5. The SMILES string of the molecule is CCC(C)(C)C(=O)OCCN(C)c1ccc(N=NC)cc1. The Bertz CT molecular complexity index is 481. The van der Waals surface area contributed by atoms with Crippen LogP contribution in [0.2, 0.25) is 0 Å². The Balaban J connectivity index is 2.47. The molecule has 5 nitrogen and oxygen atoms in total. The third-order valence-electron chi connectivity index (χ3n) is 3.60. The van der Waals surface area contributed by atoms with Gasteiger partial charge in [0.1, 0.15) is 6.61 Å². The largest absolute Gasteiger partial charge is 0.463 e. The Morgan fingerprint density at radius 3 is 2.43 bits per heavy atom. The lowest BCUT2D eigenvalue weighted by molar-refractivity contribution is -0.153. The summed E-state index contributed by atoms with van der Waals surface area (Å²) in [5, 5.41) is 7.70. The third kappa shape index (κ3) is 5.17. The molecule has 116 valence electrons. The van der Waals surface area contributed by atoms with E-state index in [1.165, 1.54) is 0 Å². The molecule has 0 atom stereocenters. The molecule has 0 aliphatic rings. The van der Waals surface area contributed by atoms with Gasteiger partial charge in [-0.05, 0) is 44.5 Å². The number of benzene rings is 1. The van der Waals surface area contributed by atoms with Crippen LogP contribution in [0.1, 0.15) is 27.2 Å². The lowest BCUT2D eigenvalue weighted by Crippen LogP contribution is -2.30. The molecular weight excluding hydrogens is 266 g/mol. The first-order chi connectivity index (χ1) is 9.90. The Hall–Kier alpha value is -1.91. The van der Waals surface area contributed by atoms with Crippen LogP contribution in [0.3, 0.4) is 0 Å². The average Bonchev–Trinajstić information content (AvgIpc) is 2.48. The maximum Gasteiger partial charge on any atom is 0.311 e. The lowest BCUT2D eigenvalue weighted by atomic mass is 9.91. The van der Waals surface area contributed by atoms with Crippen LogP contribution in [0.25, 0.3) is 0 Å². The van der Waals surface area contributed by atoms with E-state index in [0.29, 0.717) is 13.2 Å². The van der Waals surface area contributed by atoms with Crippen LogP contribution >= 0.6 is 0 Å². The van der Waals surface area contributed by atoms with Gasteiger partial charge < -0.3 is 9.64 Å². The first-order valence-corrected chi connectivity index (χ1v) is 7.19.